The van der Waals surface area contributed by atoms with Gasteiger partial charge in [-0.05, 0) is 44.2 Å². The SMILES string of the molecule is Cc1cccc(-c2sc(C3CC3)nc2C(=O)N2CCC[C@@H](Nc3nccc(C(F)(F)F)n3)C2)c1. The number of nitrogens with one attached hydrogen (secondary N) is 1. The van der Waals surface area contributed by atoms with Crippen LogP contribution in [0.4, 0.5) is 19.1 Å². The molecule has 34 heavy (non-hydrogen) atoms. The topological polar surface area (TPSA) is 71.0 Å². The molecule has 10 heteroatoms. The highest BCUT2D eigenvalue weighted by Crippen LogP contribution is 2.45. The molecule has 1 aliphatic carbocycles. The number of amides is 1. The number of alkyl halides is 3. The molecule has 0 bridgehead atoms. The van der Waals surface area contributed by atoms with E-state index in [1.807, 2.05) is 25.1 Å². The molecule has 0 unspecified atom stereocenters. The van der Waals surface area contributed by atoms with Crippen molar-refractivity contribution in [1.82, 2.24) is 19.9 Å². The van der Waals surface area contributed by atoms with Crippen LogP contribution < -0.4 is 5.32 Å². The van der Waals surface area contributed by atoms with E-state index in [1.165, 1.54) is 0 Å². The maximum absolute atomic E-state index is 13.6. The third-order valence-electron chi connectivity index (χ3n) is 6.04. The molecule has 6 nitrogen and oxygen atoms in total. The number of carbonyl (C=O) groups excluding carboxylic acids is 1. The highest BCUT2D eigenvalue weighted by atomic mass is 32.1. The van der Waals surface area contributed by atoms with Crippen molar-refractivity contribution in [2.24, 2.45) is 0 Å². The number of aromatic nitrogens is 3. The van der Waals surface area contributed by atoms with Gasteiger partial charge in [0, 0.05) is 31.2 Å². The van der Waals surface area contributed by atoms with Crippen molar-refractivity contribution in [3.05, 3.63) is 58.5 Å². The molecule has 1 saturated heterocycles. The first-order valence-corrected chi connectivity index (χ1v) is 12.1. The van der Waals surface area contributed by atoms with Gasteiger partial charge >= 0.3 is 6.18 Å². The average molecular weight is 488 g/mol. The van der Waals surface area contributed by atoms with Crippen LogP contribution in [0.5, 0.6) is 0 Å². The highest BCUT2D eigenvalue weighted by molar-refractivity contribution is 7.15. The van der Waals surface area contributed by atoms with E-state index in [0.717, 1.165) is 52.5 Å². The third kappa shape index (κ3) is 4.91. The molecular formula is C24H24F3N5OS. The van der Waals surface area contributed by atoms with E-state index >= 15 is 0 Å². The number of carbonyl (C=O) groups is 1. The Balaban J connectivity index is 1.36. The van der Waals surface area contributed by atoms with Gasteiger partial charge in [-0.2, -0.15) is 13.2 Å². The third-order valence-corrected chi connectivity index (χ3v) is 7.31. The second-order valence-corrected chi connectivity index (χ2v) is 9.90. The van der Waals surface area contributed by atoms with Gasteiger partial charge in [-0.15, -0.1) is 11.3 Å². The minimum absolute atomic E-state index is 0.0840. The molecule has 5 rings (SSSR count). The van der Waals surface area contributed by atoms with Crippen LogP contribution in [0.1, 0.15) is 58.4 Å². The fourth-order valence-electron chi connectivity index (χ4n) is 4.17. The fraction of sp³-hybridized carbons (Fsp3) is 0.417. The maximum atomic E-state index is 13.6. The summed E-state index contributed by atoms with van der Waals surface area (Å²) in [4.78, 5) is 28.5. The van der Waals surface area contributed by atoms with E-state index in [2.05, 4.69) is 21.4 Å². The molecule has 178 valence electrons. The number of likely N-dealkylation sites (tertiary alicyclic amines) is 1. The lowest BCUT2D eigenvalue weighted by Gasteiger charge is -2.33. The number of hydrogen-bond donors (Lipinski definition) is 1. The van der Waals surface area contributed by atoms with Gasteiger partial charge in [0.2, 0.25) is 5.95 Å². The lowest BCUT2D eigenvalue weighted by Crippen LogP contribution is -2.45. The summed E-state index contributed by atoms with van der Waals surface area (Å²) in [6, 6.07) is 8.65. The zero-order valence-electron chi connectivity index (χ0n) is 18.6. The van der Waals surface area contributed by atoms with Gasteiger partial charge in [0.05, 0.1) is 9.88 Å². The summed E-state index contributed by atoms with van der Waals surface area (Å²) in [5.74, 6) is 0.208. The molecule has 1 aromatic carbocycles. The molecule has 2 aromatic heterocycles. The predicted octanol–water partition coefficient (Wildman–Crippen LogP) is 5.52. The van der Waals surface area contributed by atoms with E-state index < -0.39 is 11.9 Å². The second-order valence-electron chi connectivity index (χ2n) is 8.87. The predicted molar refractivity (Wildman–Crippen MR) is 124 cm³/mol. The van der Waals surface area contributed by atoms with Crippen LogP contribution in [0, 0.1) is 6.92 Å². The number of anilines is 1. The molecule has 1 aliphatic heterocycles. The van der Waals surface area contributed by atoms with Crippen LogP contribution in [-0.2, 0) is 6.18 Å². The molecule has 0 radical (unpaired) electrons. The summed E-state index contributed by atoms with van der Waals surface area (Å²) in [6.07, 6.45) is 0.180. The molecule has 3 aromatic rings. The Hall–Kier alpha value is -3.01. The van der Waals surface area contributed by atoms with Crippen LogP contribution in [-0.4, -0.2) is 44.9 Å². The number of thiazole rings is 1. The number of rotatable bonds is 5. The van der Waals surface area contributed by atoms with Crippen molar-refractivity contribution < 1.29 is 18.0 Å². The van der Waals surface area contributed by atoms with E-state index in [1.54, 1.807) is 16.2 Å². The van der Waals surface area contributed by atoms with Crippen molar-refractivity contribution in [1.29, 1.82) is 0 Å². The van der Waals surface area contributed by atoms with Crippen molar-refractivity contribution in [2.75, 3.05) is 18.4 Å². The zero-order valence-corrected chi connectivity index (χ0v) is 19.4. The summed E-state index contributed by atoms with van der Waals surface area (Å²) in [5, 5.41) is 3.99. The van der Waals surface area contributed by atoms with Crippen LogP contribution in [0.2, 0.25) is 0 Å². The average Bonchev–Trinajstić information content (AvgIpc) is 3.57. The molecule has 2 fully saturated rings. The van der Waals surface area contributed by atoms with E-state index in [-0.39, 0.29) is 17.9 Å². The summed E-state index contributed by atoms with van der Waals surface area (Å²) in [7, 11) is 0. The maximum Gasteiger partial charge on any atom is 0.433 e. The van der Waals surface area contributed by atoms with Crippen LogP contribution >= 0.6 is 11.3 Å². The lowest BCUT2D eigenvalue weighted by atomic mass is 10.0. The number of halogens is 3. The van der Waals surface area contributed by atoms with Gasteiger partial charge in [0.1, 0.15) is 11.4 Å². The second kappa shape index (κ2) is 8.98. The summed E-state index contributed by atoms with van der Waals surface area (Å²) >= 11 is 1.59. The molecule has 1 atom stereocenters. The summed E-state index contributed by atoms with van der Waals surface area (Å²) in [6.45, 7) is 2.94. The summed E-state index contributed by atoms with van der Waals surface area (Å²) in [5.41, 5.74) is 1.57. The first-order chi connectivity index (χ1) is 16.3. The van der Waals surface area contributed by atoms with E-state index in [4.69, 9.17) is 4.98 Å². The number of benzene rings is 1. The Morgan fingerprint density at radius 2 is 2.00 bits per heavy atom. The van der Waals surface area contributed by atoms with Gasteiger partial charge in [-0.3, -0.25) is 4.79 Å². The van der Waals surface area contributed by atoms with Gasteiger partial charge in [-0.1, -0.05) is 29.8 Å². The van der Waals surface area contributed by atoms with Crippen LogP contribution in [0.15, 0.2) is 36.5 Å². The first kappa shape index (κ1) is 22.8. The quantitative estimate of drug-likeness (QED) is 0.513. The Kier molecular flexibility index (Phi) is 6.01. The molecular weight excluding hydrogens is 463 g/mol. The van der Waals surface area contributed by atoms with E-state index in [9.17, 15) is 18.0 Å². The Morgan fingerprint density at radius 1 is 1.18 bits per heavy atom. The highest BCUT2D eigenvalue weighted by Gasteiger charge is 2.35. The van der Waals surface area contributed by atoms with Gasteiger partial charge in [0.15, 0.2) is 0 Å². The Labute approximate surface area is 199 Å². The van der Waals surface area contributed by atoms with Gasteiger partial charge in [-0.25, -0.2) is 15.0 Å². The van der Waals surface area contributed by atoms with Crippen molar-refractivity contribution in [2.45, 2.75) is 50.7 Å². The molecule has 1 N–H and O–H groups in total. The van der Waals surface area contributed by atoms with Crippen LogP contribution in [0.25, 0.3) is 10.4 Å². The number of aryl methyl sites for hydroxylation is 1. The minimum atomic E-state index is -4.54. The zero-order chi connectivity index (χ0) is 23.9. The minimum Gasteiger partial charge on any atom is -0.350 e. The van der Waals surface area contributed by atoms with Gasteiger partial charge in [0.25, 0.3) is 5.91 Å². The number of hydrogen-bond acceptors (Lipinski definition) is 6. The normalized spacial score (nSPS) is 18.7. The number of piperidine rings is 1. The molecule has 1 saturated carbocycles. The molecule has 2 aliphatic rings. The first-order valence-electron chi connectivity index (χ1n) is 11.3. The lowest BCUT2D eigenvalue weighted by molar-refractivity contribution is -0.141. The Bertz CT molecular complexity index is 1210. The monoisotopic (exact) mass is 487 g/mol. The number of nitrogens with zero attached hydrogens (tertiary/aromatic N) is 4. The fourth-order valence-corrected chi connectivity index (χ4v) is 5.39. The smallest absolute Gasteiger partial charge is 0.350 e. The Morgan fingerprint density at radius 3 is 2.74 bits per heavy atom. The molecule has 3 heterocycles. The van der Waals surface area contributed by atoms with Crippen molar-refractivity contribution in [3.8, 4) is 10.4 Å². The summed E-state index contributed by atoms with van der Waals surface area (Å²) < 4.78 is 39.0. The largest absolute Gasteiger partial charge is 0.433 e. The molecule has 1 amide bonds. The van der Waals surface area contributed by atoms with Crippen LogP contribution in [0.3, 0.4) is 0 Å². The van der Waals surface area contributed by atoms with E-state index in [0.29, 0.717) is 31.1 Å². The van der Waals surface area contributed by atoms with Crippen molar-refractivity contribution >= 4 is 23.2 Å². The van der Waals surface area contributed by atoms with Gasteiger partial charge < -0.3 is 10.2 Å². The molecule has 0 spiro atoms. The van der Waals surface area contributed by atoms with Crippen molar-refractivity contribution in [3.63, 3.8) is 0 Å². The standard InChI is InChI=1S/C24H24F3N5OS/c1-14-4-2-5-16(12-14)20-19(31-21(34-20)15-7-8-15)22(33)32-11-3-6-17(13-32)29-23-28-10-9-18(30-23)24(25,26)27/h2,4-5,9-10,12,15,17H,3,6-8,11,13H2,1H3,(H,28,29,30)/t17-/m1/s1.